The van der Waals surface area contributed by atoms with Crippen LogP contribution in [0.15, 0.2) is 61.3 Å². The zero-order chi connectivity index (χ0) is 30.1. The van der Waals surface area contributed by atoms with Gasteiger partial charge in [-0.2, -0.15) is 0 Å². The molecule has 0 spiro atoms. The van der Waals surface area contributed by atoms with E-state index in [1.807, 2.05) is 71.6 Å². The number of nitrogens with one attached hydrogen (secondary N) is 2. The fourth-order valence-corrected chi connectivity index (χ4v) is 4.27. The lowest BCUT2D eigenvalue weighted by Crippen LogP contribution is -2.49. The molecule has 2 amide bonds. The zero-order valence-electron chi connectivity index (χ0n) is 25.1. The van der Waals surface area contributed by atoms with Gasteiger partial charge in [0, 0.05) is 26.1 Å². The largest absolute Gasteiger partial charge is 0.380 e. The highest BCUT2D eigenvalue weighted by Gasteiger charge is 2.28. The third-order valence-corrected chi connectivity index (χ3v) is 6.27. The van der Waals surface area contributed by atoms with E-state index in [4.69, 9.17) is 23.2 Å². The Morgan fingerprint density at radius 2 is 1.67 bits per heavy atom. The molecule has 0 radical (unpaired) electrons. The SMILES string of the molecule is C=CNC(Cc1ccc(Cl)c(Cl)c1)C(=O)N1CCCC(Cc2ccccc2)C1.CC.CC.CC.CCNC=O. The van der Waals surface area contributed by atoms with Gasteiger partial charge >= 0.3 is 0 Å². The number of carbonyl (C=O) groups excluding carboxylic acids is 2. The second-order valence-electron chi connectivity index (χ2n) is 8.03. The summed E-state index contributed by atoms with van der Waals surface area (Å²) < 4.78 is 0. The standard InChI is InChI=1S/C23H26Cl2N2O.C3H7NO.3C2H6/c1-2-26-22(15-18-10-11-20(24)21(25)14-18)23(28)27-12-6-9-19(16-27)13-17-7-4-3-5-8-17;1-2-4-3-5;3*1-2/h2-5,7-8,10-11,14,19,22,26H,1,6,9,12-13,15-16H2;3H,2H2,1H3,(H,4,5);3*1-2H3. The monoisotopic (exact) mass is 579 g/mol. The fourth-order valence-electron chi connectivity index (χ4n) is 3.95. The Balaban J connectivity index is 0. The number of likely N-dealkylation sites (tertiary alicyclic amines) is 1. The average Bonchev–Trinajstić information content (AvgIpc) is 2.99. The summed E-state index contributed by atoms with van der Waals surface area (Å²) in [5, 5.41) is 6.58. The first-order valence-electron chi connectivity index (χ1n) is 14.3. The van der Waals surface area contributed by atoms with Crippen molar-refractivity contribution in [2.45, 2.75) is 80.2 Å². The van der Waals surface area contributed by atoms with Crippen LogP contribution in [-0.2, 0) is 22.4 Å². The molecule has 0 aromatic heterocycles. The summed E-state index contributed by atoms with van der Waals surface area (Å²) in [6.07, 6.45) is 6.02. The van der Waals surface area contributed by atoms with Crippen molar-refractivity contribution in [3.63, 3.8) is 0 Å². The van der Waals surface area contributed by atoms with Gasteiger partial charge in [0.05, 0.1) is 10.0 Å². The molecule has 1 saturated heterocycles. The van der Waals surface area contributed by atoms with Crippen LogP contribution in [0.3, 0.4) is 0 Å². The Bertz CT molecular complexity index is 894. The lowest BCUT2D eigenvalue weighted by molar-refractivity contribution is -0.135. The molecule has 0 saturated carbocycles. The third-order valence-electron chi connectivity index (χ3n) is 5.53. The van der Waals surface area contributed by atoms with E-state index in [1.165, 1.54) is 5.56 Å². The van der Waals surface area contributed by atoms with E-state index in [1.54, 1.807) is 12.3 Å². The van der Waals surface area contributed by atoms with Gasteiger partial charge in [-0.15, -0.1) is 0 Å². The van der Waals surface area contributed by atoms with Crippen molar-refractivity contribution in [3.8, 4) is 0 Å². The van der Waals surface area contributed by atoms with Gasteiger partial charge in [0.15, 0.2) is 0 Å². The number of nitrogens with zero attached hydrogens (tertiary/aromatic N) is 1. The van der Waals surface area contributed by atoms with Gasteiger partial charge in [-0.05, 0) is 61.6 Å². The van der Waals surface area contributed by atoms with Gasteiger partial charge in [-0.3, -0.25) is 9.59 Å². The maximum absolute atomic E-state index is 13.2. The summed E-state index contributed by atoms with van der Waals surface area (Å²) in [7, 11) is 0. The molecular weight excluding hydrogens is 529 g/mol. The molecule has 39 heavy (non-hydrogen) atoms. The van der Waals surface area contributed by atoms with Gasteiger partial charge in [0.25, 0.3) is 0 Å². The Kier molecular flexibility index (Phi) is 25.5. The number of rotatable bonds is 9. The number of hydrogen-bond acceptors (Lipinski definition) is 3. The second kappa shape index (κ2) is 25.8. The average molecular weight is 581 g/mol. The van der Waals surface area contributed by atoms with Crippen LogP contribution in [0.5, 0.6) is 0 Å². The van der Waals surface area contributed by atoms with Gasteiger partial charge in [0.2, 0.25) is 12.3 Å². The molecule has 5 nitrogen and oxygen atoms in total. The van der Waals surface area contributed by atoms with Gasteiger partial charge < -0.3 is 15.5 Å². The molecule has 3 rings (SSSR count). The van der Waals surface area contributed by atoms with E-state index in [9.17, 15) is 9.59 Å². The summed E-state index contributed by atoms with van der Waals surface area (Å²) in [6, 6.07) is 15.6. The Morgan fingerprint density at radius 1 is 1.03 bits per heavy atom. The van der Waals surface area contributed by atoms with E-state index in [-0.39, 0.29) is 11.9 Å². The summed E-state index contributed by atoms with van der Waals surface area (Å²) in [5.74, 6) is 0.609. The van der Waals surface area contributed by atoms with Crippen molar-refractivity contribution in [1.29, 1.82) is 0 Å². The van der Waals surface area contributed by atoms with Gasteiger partial charge in [-0.25, -0.2) is 0 Å². The van der Waals surface area contributed by atoms with Crippen LogP contribution >= 0.6 is 23.2 Å². The predicted molar refractivity (Wildman–Crippen MR) is 171 cm³/mol. The second-order valence-corrected chi connectivity index (χ2v) is 8.85. The minimum atomic E-state index is -0.356. The van der Waals surface area contributed by atoms with E-state index in [0.29, 0.717) is 28.8 Å². The third kappa shape index (κ3) is 16.3. The normalized spacial score (nSPS) is 14.1. The first-order chi connectivity index (χ1) is 19.0. The maximum atomic E-state index is 13.2. The fraction of sp³-hybridized carbons (Fsp3) is 0.500. The highest BCUT2D eigenvalue weighted by Crippen LogP contribution is 2.25. The summed E-state index contributed by atoms with van der Waals surface area (Å²) >= 11 is 12.1. The van der Waals surface area contributed by atoms with E-state index < -0.39 is 0 Å². The van der Waals surface area contributed by atoms with Crippen LogP contribution in [0.25, 0.3) is 0 Å². The molecule has 1 aliphatic rings. The molecule has 220 valence electrons. The smallest absolute Gasteiger partial charge is 0.245 e. The van der Waals surface area contributed by atoms with Crippen molar-refractivity contribution >= 4 is 35.5 Å². The molecule has 0 aliphatic carbocycles. The lowest BCUT2D eigenvalue weighted by Gasteiger charge is -2.35. The van der Waals surface area contributed by atoms with E-state index >= 15 is 0 Å². The molecule has 1 fully saturated rings. The zero-order valence-corrected chi connectivity index (χ0v) is 26.6. The highest BCUT2D eigenvalue weighted by molar-refractivity contribution is 6.42. The van der Waals surface area contributed by atoms with E-state index in [2.05, 4.69) is 41.5 Å². The number of halogens is 2. The van der Waals surface area contributed by atoms with Crippen LogP contribution in [-0.4, -0.2) is 42.9 Å². The van der Waals surface area contributed by atoms with E-state index in [0.717, 1.165) is 44.5 Å². The van der Waals surface area contributed by atoms with Crippen LogP contribution in [0.4, 0.5) is 0 Å². The van der Waals surface area contributed by atoms with Crippen LogP contribution < -0.4 is 10.6 Å². The molecule has 1 heterocycles. The maximum Gasteiger partial charge on any atom is 0.245 e. The predicted octanol–water partition coefficient (Wildman–Crippen LogP) is 7.95. The molecule has 2 aromatic carbocycles. The van der Waals surface area contributed by atoms with Crippen LogP contribution in [0.1, 0.15) is 72.4 Å². The van der Waals surface area contributed by atoms with Crippen LogP contribution in [0.2, 0.25) is 10.0 Å². The molecule has 2 N–H and O–H groups in total. The van der Waals surface area contributed by atoms with Gasteiger partial charge in [-0.1, -0.05) is 108 Å². The Labute approximate surface area is 248 Å². The molecule has 2 aromatic rings. The summed E-state index contributed by atoms with van der Waals surface area (Å²) in [5.41, 5.74) is 2.30. The number of hydrogen-bond donors (Lipinski definition) is 2. The van der Waals surface area contributed by atoms with Crippen molar-refractivity contribution in [1.82, 2.24) is 15.5 Å². The first-order valence-corrected chi connectivity index (χ1v) is 15.0. The van der Waals surface area contributed by atoms with Crippen molar-refractivity contribution in [2.24, 2.45) is 5.92 Å². The van der Waals surface area contributed by atoms with Crippen molar-refractivity contribution < 1.29 is 9.59 Å². The van der Waals surface area contributed by atoms with Crippen molar-refractivity contribution in [2.75, 3.05) is 19.6 Å². The van der Waals surface area contributed by atoms with Crippen LogP contribution in [0, 0.1) is 5.92 Å². The number of piperidine rings is 1. The highest BCUT2D eigenvalue weighted by atomic mass is 35.5. The molecule has 2 unspecified atom stereocenters. The number of carbonyl (C=O) groups is 2. The molecule has 2 atom stereocenters. The molecule has 7 heteroatoms. The molecule has 0 bridgehead atoms. The first kappa shape index (κ1) is 38.6. The van der Waals surface area contributed by atoms with Crippen molar-refractivity contribution in [3.05, 3.63) is 82.5 Å². The topological polar surface area (TPSA) is 61.4 Å². The minimum absolute atomic E-state index is 0.115. The quantitative estimate of drug-likeness (QED) is 0.296. The Hall–Kier alpha value is -2.50. The van der Waals surface area contributed by atoms with Gasteiger partial charge in [0.1, 0.15) is 6.04 Å². The molecule has 1 aliphatic heterocycles. The summed E-state index contributed by atoms with van der Waals surface area (Å²) in [6.45, 7) is 19.9. The number of benzene rings is 2. The Morgan fingerprint density at radius 3 is 2.18 bits per heavy atom. The summed E-state index contributed by atoms with van der Waals surface area (Å²) in [4.78, 5) is 24.5. The number of amides is 2. The minimum Gasteiger partial charge on any atom is -0.380 e. The molecular formula is C32H51Cl2N3O2. The lowest BCUT2D eigenvalue weighted by atomic mass is 9.90.